The number of likely N-dealkylation sites (N-methyl/N-ethyl adjacent to an activating group) is 1. The van der Waals surface area contributed by atoms with Crippen LogP contribution in [-0.4, -0.2) is 48.6 Å². The molecule has 28 heavy (non-hydrogen) atoms. The first-order chi connectivity index (χ1) is 13.2. The first-order valence-corrected chi connectivity index (χ1v) is 9.95. The van der Waals surface area contributed by atoms with Crippen molar-refractivity contribution in [3.05, 3.63) is 53.2 Å². The second kappa shape index (κ2) is 13.8. The molecule has 0 amide bonds. The second-order valence-corrected chi connectivity index (χ2v) is 6.53. The van der Waals surface area contributed by atoms with Crippen molar-refractivity contribution in [3.8, 4) is 0 Å². The number of pyridine rings is 1. The summed E-state index contributed by atoms with van der Waals surface area (Å²) in [5.41, 5.74) is 1.14. The first kappa shape index (κ1) is 24.7. The van der Waals surface area contributed by atoms with Gasteiger partial charge in [-0.3, -0.25) is 9.89 Å². The molecule has 0 fully saturated rings. The van der Waals surface area contributed by atoms with E-state index in [1.54, 1.807) is 12.5 Å². The number of rotatable bonds is 10. The topological polar surface area (TPSA) is 65.7 Å². The quantitative estimate of drug-likeness (QED) is 0.214. The molecule has 0 radical (unpaired) electrons. The lowest BCUT2D eigenvalue weighted by Gasteiger charge is -2.27. The van der Waals surface area contributed by atoms with Crippen LogP contribution in [0.15, 0.2) is 46.1 Å². The predicted octanol–water partition coefficient (Wildman–Crippen LogP) is 4.13. The largest absolute Gasteiger partial charge is 0.468 e. The Morgan fingerprint density at radius 2 is 2.00 bits per heavy atom. The van der Waals surface area contributed by atoms with Crippen molar-refractivity contribution in [1.29, 1.82) is 0 Å². The molecule has 0 saturated carbocycles. The van der Waals surface area contributed by atoms with E-state index in [2.05, 4.69) is 41.3 Å². The monoisotopic (exact) mass is 519 g/mol. The zero-order valence-corrected chi connectivity index (χ0v) is 19.9. The Kier molecular flexibility index (Phi) is 12.2. The summed E-state index contributed by atoms with van der Waals surface area (Å²) in [4.78, 5) is 11.3. The molecular weight excluding hydrogens is 489 g/mol. The van der Waals surface area contributed by atoms with Crippen LogP contribution in [0.3, 0.4) is 0 Å². The number of furan rings is 1. The molecule has 0 aliphatic heterocycles. The van der Waals surface area contributed by atoms with Gasteiger partial charge in [0.25, 0.3) is 0 Å². The van der Waals surface area contributed by atoms with Crippen LogP contribution in [0, 0.1) is 0 Å². The molecule has 0 aromatic carbocycles. The molecule has 1 unspecified atom stereocenters. The van der Waals surface area contributed by atoms with E-state index in [-0.39, 0.29) is 30.0 Å². The van der Waals surface area contributed by atoms with Gasteiger partial charge in [0.2, 0.25) is 0 Å². The third kappa shape index (κ3) is 7.97. The van der Waals surface area contributed by atoms with Crippen LogP contribution in [0.5, 0.6) is 0 Å². The van der Waals surface area contributed by atoms with Crippen LogP contribution in [-0.2, 0) is 6.42 Å². The molecule has 0 spiro atoms. The maximum atomic E-state index is 5.83. The van der Waals surface area contributed by atoms with Crippen molar-refractivity contribution in [2.24, 2.45) is 4.99 Å². The summed E-state index contributed by atoms with van der Waals surface area (Å²) < 4.78 is 5.65. The van der Waals surface area contributed by atoms with Crippen molar-refractivity contribution < 1.29 is 4.42 Å². The van der Waals surface area contributed by atoms with Crippen LogP contribution >= 0.6 is 35.6 Å². The Morgan fingerprint density at radius 3 is 2.57 bits per heavy atom. The summed E-state index contributed by atoms with van der Waals surface area (Å²) in [6.45, 7) is 10.5. The predicted molar refractivity (Wildman–Crippen MR) is 127 cm³/mol. The maximum Gasteiger partial charge on any atom is 0.191 e. The molecule has 2 heterocycles. The molecular formula is C20H31ClIN5O. The van der Waals surface area contributed by atoms with Crippen molar-refractivity contribution in [2.45, 2.75) is 33.2 Å². The average molecular weight is 520 g/mol. The molecule has 1 atom stereocenters. The van der Waals surface area contributed by atoms with E-state index in [4.69, 9.17) is 21.0 Å². The van der Waals surface area contributed by atoms with Crippen molar-refractivity contribution in [1.82, 2.24) is 20.5 Å². The van der Waals surface area contributed by atoms with Crippen LogP contribution in [0.4, 0.5) is 0 Å². The summed E-state index contributed by atoms with van der Waals surface area (Å²) in [7, 11) is 0. The minimum Gasteiger partial charge on any atom is -0.468 e. The molecule has 8 heteroatoms. The zero-order chi connectivity index (χ0) is 19.5. The number of hydrogen-bond donors (Lipinski definition) is 2. The summed E-state index contributed by atoms with van der Waals surface area (Å²) in [5.74, 6) is 1.76. The van der Waals surface area contributed by atoms with Crippen molar-refractivity contribution in [2.75, 3.05) is 32.7 Å². The average Bonchev–Trinajstić information content (AvgIpc) is 3.21. The summed E-state index contributed by atoms with van der Waals surface area (Å²) in [6, 6.07) is 7.89. The molecule has 2 rings (SSSR count). The number of halogens is 2. The van der Waals surface area contributed by atoms with Gasteiger partial charge in [-0.25, -0.2) is 4.98 Å². The molecule has 156 valence electrons. The van der Waals surface area contributed by atoms with Gasteiger partial charge < -0.3 is 15.1 Å². The van der Waals surface area contributed by atoms with E-state index < -0.39 is 0 Å². The standard InChI is InChI=1S/C20H30ClN5O.HI/c1-4-22-20(23-12-11-16-9-10-19(21)24-14-16)25-15-17(26(5-2)6-3)18-8-7-13-27-18;/h7-10,13-14,17H,4-6,11-12,15H2,1-3H3,(H2,22,23,25);1H. The number of nitrogens with one attached hydrogen (secondary N) is 2. The smallest absolute Gasteiger partial charge is 0.191 e. The highest BCUT2D eigenvalue weighted by atomic mass is 127. The first-order valence-electron chi connectivity index (χ1n) is 9.57. The third-order valence-electron chi connectivity index (χ3n) is 4.39. The molecule has 0 aliphatic rings. The van der Waals surface area contributed by atoms with Gasteiger partial charge in [0, 0.05) is 19.3 Å². The van der Waals surface area contributed by atoms with Gasteiger partial charge in [0.15, 0.2) is 5.96 Å². The van der Waals surface area contributed by atoms with Crippen LogP contribution in [0.1, 0.15) is 38.1 Å². The van der Waals surface area contributed by atoms with Gasteiger partial charge in [-0.05, 0) is 50.2 Å². The number of nitrogens with zero attached hydrogens (tertiary/aromatic N) is 3. The molecule has 2 N–H and O–H groups in total. The number of aliphatic imine (C=N–C) groups is 1. The lowest BCUT2D eigenvalue weighted by atomic mass is 10.2. The number of guanidine groups is 1. The van der Waals surface area contributed by atoms with Crippen LogP contribution < -0.4 is 10.6 Å². The van der Waals surface area contributed by atoms with Gasteiger partial charge in [-0.2, -0.15) is 0 Å². The molecule has 6 nitrogen and oxygen atoms in total. The fourth-order valence-electron chi connectivity index (χ4n) is 2.93. The highest BCUT2D eigenvalue weighted by Gasteiger charge is 2.20. The van der Waals surface area contributed by atoms with E-state index in [9.17, 15) is 0 Å². The molecule has 2 aromatic rings. The van der Waals surface area contributed by atoms with E-state index in [1.807, 2.05) is 24.3 Å². The van der Waals surface area contributed by atoms with Gasteiger partial charge in [-0.1, -0.05) is 31.5 Å². The lowest BCUT2D eigenvalue weighted by Crippen LogP contribution is -2.39. The Bertz CT molecular complexity index is 674. The Labute approximate surface area is 190 Å². The summed E-state index contributed by atoms with van der Waals surface area (Å²) in [5, 5.41) is 7.21. The molecule has 0 aliphatic carbocycles. The number of aromatic nitrogens is 1. The third-order valence-corrected chi connectivity index (χ3v) is 4.61. The van der Waals surface area contributed by atoms with E-state index in [0.29, 0.717) is 11.7 Å². The van der Waals surface area contributed by atoms with E-state index in [1.165, 1.54) is 0 Å². The highest BCUT2D eigenvalue weighted by molar-refractivity contribution is 14.0. The van der Waals surface area contributed by atoms with E-state index in [0.717, 1.165) is 49.9 Å². The Balaban J connectivity index is 0.00000392. The van der Waals surface area contributed by atoms with E-state index >= 15 is 0 Å². The molecule has 2 aromatic heterocycles. The fourth-order valence-corrected chi connectivity index (χ4v) is 3.04. The van der Waals surface area contributed by atoms with Gasteiger partial charge >= 0.3 is 0 Å². The molecule has 0 bridgehead atoms. The molecule has 0 saturated heterocycles. The highest BCUT2D eigenvalue weighted by Crippen LogP contribution is 2.21. The Morgan fingerprint density at radius 1 is 1.21 bits per heavy atom. The summed E-state index contributed by atoms with van der Waals surface area (Å²) >= 11 is 5.83. The minimum atomic E-state index is 0. The van der Waals surface area contributed by atoms with Gasteiger partial charge in [0.1, 0.15) is 10.9 Å². The maximum absolute atomic E-state index is 5.83. The second-order valence-electron chi connectivity index (χ2n) is 6.14. The van der Waals surface area contributed by atoms with Gasteiger partial charge in [-0.15, -0.1) is 24.0 Å². The van der Waals surface area contributed by atoms with Crippen molar-refractivity contribution >= 4 is 41.5 Å². The Hall–Kier alpha value is -1.32. The van der Waals surface area contributed by atoms with Gasteiger partial charge in [0.05, 0.1) is 18.8 Å². The van der Waals surface area contributed by atoms with Crippen molar-refractivity contribution in [3.63, 3.8) is 0 Å². The zero-order valence-electron chi connectivity index (χ0n) is 16.8. The van der Waals surface area contributed by atoms with Crippen LogP contribution in [0.2, 0.25) is 5.15 Å². The SMILES string of the molecule is CCNC(=NCC(c1ccco1)N(CC)CC)NCCc1ccc(Cl)nc1.I. The minimum absolute atomic E-state index is 0. The number of hydrogen-bond acceptors (Lipinski definition) is 4. The summed E-state index contributed by atoms with van der Waals surface area (Å²) in [6.07, 6.45) is 4.38. The van der Waals surface area contributed by atoms with Crippen LogP contribution in [0.25, 0.3) is 0 Å². The fraction of sp³-hybridized carbons (Fsp3) is 0.500. The normalized spacial score (nSPS) is 12.5. The lowest BCUT2D eigenvalue weighted by molar-refractivity contribution is 0.198.